The quantitative estimate of drug-likeness (QED) is 0.537. The molecule has 0 saturated heterocycles. The fourth-order valence-corrected chi connectivity index (χ4v) is 2.31. The Morgan fingerprint density at radius 1 is 1.09 bits per heavy atom. The van der Waals surface area contributed by atoms with Gasteiger partial charge in [-0.2, -0.15) is 0 Å². The molecule has 122 valence electrons. The normalized spacial score (nSPS) is 10.6. The molecule has 1 aromatic carbocycles. The zero-order valence-corrected chi connectivity index (χ0v) is 14.2. The van der Waals surface area contributed by atoms with Crippen LogP contribution in [0, 0.1) is 6.92 Å². The van der Waals surface area contributed by atoms with Gasteiger partial charge in [-0.15, -0.1) is 0 Å². The summed E-state index contributed by atoms with van der Waals surface area (Å²) in [6.07, 6.45) is 0.293. The van der Waals surface area contributed by atoms with E-state index in [9.17, 15) is 9.59 Å². The van der Waals surface area contributed by atoms with Gasteiger partial charge < -0.3 is 9.47 Å². The maximum atomic E-state index is 12.4. The molecule has 0 amide bonds. The van der Waals surface area contributed by atoms with Crippen molar-refractivity contribution in [2.24, 2.45) is 0 Å². The third-order valence-electron chi connectivity index (χ3n) is 3.44. The van der Waals surface area contributed by atoms with Gasteiger partial charge in [0, 0.05) is 12.0 Å². The monoisotopic (exact) mass is 306 g/mol. The highest BCUT2D eigenvalue weighted by atomic mass is 16.5. The molecule has 0 N–H and O–H groups in total. The largest absolute Gasteiger partial charge is 0.494 e. The number of carbonyl (C=O) groups is 2. The lowest BCUT2D eigenvalue weighted by molar-refractivity contribution is -0.143. The fourth-order valence-electron chi connectivity index (χ4n) is 2.31. The molecule has 22 heavy (non-hydrogen) atoms. The maximum absolute atomic E-state index is 12.4. The molecule has 0 aromatic heterocycles. The van der Waals surface area contributed by atoms with Crippen LogP contribution in [0.15, 0.2) is 12.1 Å². The van der Waals surface area contributed by atoms with Crippen LogP contribution in [-0.4, -0.2) is 25.0 Å². The zero-order valence-electron chi connectivity index (χ0n) is 14.2. The lowest BCUT2D eigenvalue weighted by atomic mass is 9.93. The minimum atomic E-state index is -0.330. The van der Waals surface area contributed by atoms with Gasteiger partial charge in [0.2, 0.25) is 0 Å². The first-order chi connectivity index (χ1) is 10.4. The Kier molecular flexibility index (Phi) is 7.09. The van der Waals surface area contributed by atoms with Gasteiger partial charge in [-0.05, 0) is 49.9 Å². The van der Waals surface area contributed by atoms with Crippen LogP contribution in [-0.2, 0) is 9.53 Å². The number of ketones is 1. The van der Waals surface area contributed by atoms with E-state index in [0.717, 1.165) is 16.9 Å². The maximum Gasteiger partial charge on any atom is 0.306 e. The number of ether oxygens (including phenoxy) is 2. The van der Waals surface area contributed by atoms with Crippen molar-refractivity contribution in [2.45, 2.75) is 53.4 Å². The molecular weight excluding hydrogens is 280 g/mol. The molecule has 0 spiro atoms. The average molecular weight is 306 g/mol. The molecule has 4 nitrogen and oxygen atoms in total. The van der Waals surface area contributed by atoms with Crippen LogP contribution >= 0.6 is 0 Å². The molecule has 0 unspecified atom stereocenters. The molecule has 0 saturated carbocycles. The van der Waals surface area contributed by atoms with Gasteiger partial charge in [-0.3, -0.25) is 9.59 Å². The van der Waals surface area contributed by atoms with Gasteiger partial charge in [0.1, 0.15) is 5.75 Å². The second-order valence-corrected chi connectivity index (χ2v) is 5.52. The number of benzene rings is 1. The Morgan fingerprint density at radius 2 is 1.77 bits per heavy atom. The molecule has 0 radical (unpaired) electrons. The van der Waals surface area contributed by atoms with Gasteiger partial charge in [0.15, 0.2) is 5.78 Å². The second kappa shape index (κ2) is 8.57. The minimum absolute atomic E-state index is 0.0319. The molecule has 0 aliphatic heterocycles. The number of carbonyl (C=O) groups excluding carboxylic acids is 2. The first kappa shape index (κ1) is 18.2. The summed E-state index contributed by atoms with van der Waals surface area (Å²) >= 11 is 0. The second-order valence-electron chi connectivity index (χ2n) is 5.52. The average Bonchev–Trinajstić information content (AvgIpc) is 2.45. The molecule has 0 bridgehead atoms. The van der Waals surface area contributed by atoms with Gasteiger partial charge in [0.25, 0.3) is 0 Å². The molecule has 0 atom stereocenters. The number of hydrogen-bond acceptors (Lipinski definition) is 4. The van der Waals surface area contributed by atoms with Crippen LogP contribution in [0.2, 0.25) is 0 Å². The van der Waals surface area contributed by atoms with Crippen LogP contribution in [0.1, 0.15) is 67.9 Å². The number of aryl methyl sites for hydroxylation is 1. The Morgan fingerprint density at radius 3 is 2.32 bits per heavy atom. The third-order valence-corrected chi connectivity index (χ3v) is 3.44. The molecule has 1 aromatic rings. The first-order valence-corrected chi connectivity index (χ1v) is 7.86. The summed E-state index contributed by atoms with van der Waals surface area (Å²) in [7, 11) is 0. The van der Waals surface area contributed by atoms with Gasteiger partial charge in [-0.25, -0.2) is 0 Å². The predicted molar refractivity (Wildman–Crippen MR) is 86.6 cm³/mol. The molecule has 1 rings (SSSR count). The summed E-state index contributed by atoms with van der Waals surface area (Å²) in [6.45, 7) is 10.7. The summed E-state index contributed by atoms with van der Waals surface area (Å²) in [5.41, 5.74) is 2.56. The summed E-state index contributed by atoms with van der Waals surface area (Å²) in [5.74, 6) is 0.731. The fraction of sp³-hybridized carbons (Fsp3) is 0.556. The highest BCUT2D eigenvalue weighted by Crippen LogP contribution is 2.30. The van der Waals surface area contributed by atoms with E-state index in [1.54, 1.807) is 6.92 Å². The van der Waals surface area contributed by atoms with Crippen molar-refractivity contribution in [1.82, 2.24) is 0 Å². The van der Waals surface area contributed by atoms with Gasteiger partial charge in [-0.1, -0.05) is 13.8 Å². The van der Waals surface area contributed by atoms with Crippen molar-refractivity contribution in [2.75, 3.05) is 13.2 Å². The highest BCUT2D eigenvalue weighted by molar-refractivity contribution is 5.99. The van der Waals surface area contributed by atoms with Crippen LogP contribution in [0.4, 0.5) is 0 Å². The topological polar surface area (TPSA) is 52.6 Å². The Hall–Kier alpha value is -1.84. The van der Waals surface area contributed by atoms with Crippen molar-refractivity contribution in [3.05, 3.63) is 28.8 Å². The van der Waals surface area contributed by atoms with E-state index in [2.05, 4.69) is 13.8 Å². The molecule has 0 aliphatic rings. The number of Topliss-reactive ketones (excluding diaryl/α,β-unsaturated/α-hetero) is 1. The van der Waals surface area contributed by atoms with Gasteiger partial charge in [0.05, 0.1) is 19.6 Å². The van der Waals surface area contributed by atoms with E-state index in [-0.39, 0.29) is 30.5 Å². The first-order valence-electron chi connectivity index (χ1n) is 7.86. The minimum Gasteiger partial charge on any atom is -0.494 e. The van der Waals surface area contributed by atoms with Crippen LogP contribution in [0.5, 0.6) is 5.75 Å². The van der Waals surface area contributed by atoms with Crippen molar-refractivity contribution >= 4 is 11.8 Å². The Labute approximate surface area is 132 Å². The summed E-state index contributed by atoms with van der Waals surface area (Å²) in [6, 6.07) is 3.81. The van der Waals surface area contributed by atoms with E-state index in [4.69, 9.17) is 9.47 Å². The van der Waals surface area contributed by atoms with Crippen molar-refractivity contribution < 1.29 is 19.1 Å². The molecular formula is C18H26O4. The summed E-state index contributed by atoms with van der Waals surface area (Å²) in [4.78, 5) is 23.8. The van der Waals surface area contributed by atoms with E-state index in [1.165, 1.54) is 0 Å². The SMILES string of the molecule is CCOC(=O)CCC(=O)c1cc(C(C)C)c(OCC)cc1C. The third kappa shape index (κ3) is 4.86. The van der Waals surface area contributed by atoms with E-state index < -0.39 is 0 Å². The smallest absolute Gasteiger partial charge is 0.306 e. The molecule has 4 heteroatoms. The van der Waals surface area contributed by atoms with Crippen LogP contribution in [0.3, 0.4) is 0 Å². The van der Waals surface area contributed by atoms with Crippen LogP contribution < -0.4 is 4.74 Å². The van der Waals surface area contributed by atoms with Crippen LogP contribution in [0.25, 0.3) is 0 Å². The Balaban J connectivity index is 2.96. The number of hydrogen-bond donors (Lipinski definition) is 0. The standard InChI is InChI=1S/C18H26O4/c1-6-21-17-10-13(5)15(11-14(17)12(3)4)16(19)8-9-18(20)22-7-2/h10-12H,6-9H2,1-5H3. The Bertz CT molecular complexity index is 532. The molecule has 0 aliphatic carbocycles. The zero-order chi connectivity index (χ0) is 16.7. The summed E-state index contributed by atoms with van der Waals surface area (Å²) in [5, 5.41) is 0. The number of esters is 1. The lowest BCUT2D eigenvalue weighted by Crippen LogP contribution is -2.10. The van der Waals surface area contributed by atoms with Crippen molar-refractivity contribution in [1.29, 1.82) is 0 Å². The van der Waals surface area contributed by atoms with E-state index in [0.29, 0.717) is 18.8 Å². The van der Waals surface area contributed by atoms with Crippen molar-refractivity contribution in [3.63, 3.8) is 0 Å². The van der Waals surface area contributed by atoms with Gasteiger partial charge >= 0.3 is 5.97 Å². The highest BCUT2D eigenvalue weighted by Gasteiger charge is 2.17. The molecule has 0 fully saturated rings. The van der Waals surface area contributed by atoms with E-state index in [1.807, 2.05) is 26.0 Å². The predicted octanol–water partition coefficient (Wildman–Crippen LogP) is 4.04. The lowest BCUT2D eigenvalue weighted by Gasteiger charge is -2.16. The summed E-state index contributed by atoms with van der Waals surface area (Å²) < 4.78 is 10.5. The molecule has 0 heterocycles. The number of rotatable bonds is 8. The van der Waals surface area contributed by atoms with E-state index >= 15 is 0 Å². The van der Waals surface area contributed by atoms with Crippen molar-refractivity contribution in [3.8, 4) is 5.75 Å².